The number of fused-ring (bicyclic) bond motifs is 2. The molecule has 3 heterocycles. The molecule has 7 heteroatoms. The monoisotopic (exact) mass is 372 g/mol. The number of likely N-dealkylation sites (tertiary alicyclic amines) is 1. The van der Waals surface area contributed by atoms with Crippen LogP contribution >= 0.6 is 0 Å². The van der Waals surface area contributed by atoms with Crippen LogP contribution in [0.15, 0.2) is 36.5 Å². The zero-order valence-corrected chi connectivity index (χ0v) is 15.6. The van der Waals surface area contributed by atoms with E-state index < -0.39 is 0 Å². The summed E-state index contributed by atoms with van der Waals surface area (Å²) in [5.41, 5.74) is 0.872. The van der Waals surface area contributed by atoms with E-state index in [-0.39, 0.29) is 17.3 Å². The summed E-state index contributed by atoms with van der Waals surface area (Å²) in [6.07, 6.45) is 4.02. The number of amides is 1. The van der Waals surface area contributed by atoms with Crippen molar-refractivity contribution in [3.63, 3.8) is 0 Å². The van der Waals surface area contributed by atoms with Crippen LogP contribution in [0.3, 0.4) is 0 Å². The topological polar surface area (TPSA) is 50.6 Å². The van der Waals surface area contributed by atoms with E-state index in [1.54, 1.807) is 18.2 Å². The maximum absolute atomic E-state index is 13.1. The van der Waals surface area contributed by atoms with Gasteiger partial charge in [0, 0.05) is 32.8 Å². The second kappa shape index (κ2) is 7.40. The predicted molar refractivity (Wildman–Crippen MR) is 100.0 cm³/mol. The molecule has 0 saturated carbocycles. The Morgan fingerprint density at radius 3 is 2.63 bits per heavy atom. The fraction of sp³-hybridized carbons (Fsp3) is 0.500. The molecule has 2 aromatic rings. The molecule has 0 unspecified atom stereocenters. The predicted octanol–water partition coefficient (Wildman–Crippen LogP) is 2.40. The van der Waals surface area contributed by atoms with Crippen molar-refractivity contribution in [1.82, 2.24) is 14.7 Å². The first kappa shape index (κ1) is 18.1. The second-order valence-corrected chi connectivity index (χ2v) is 7.44. The van der Waals surface area contributed by atoms with E-state index in [0.717, 1.165) is 43.9 Å². The molecule has 0 aliphatic carbocycles. The maximum Gasteiger partial charge on any atom is 0.230 e. The molecule has 2 aliphatic heterocycles. The number of aromatic nitrogens is 2. The molecule has 1 amide bonds. The quantitative estimate of drug-likeness (QED) is 0.809. The van der Waals surface area contributed by atoms with Crippen LogP contribution in [0.4, 0.5) is 10.2 Å². The van der Waals surface area contributed by atoms with Crippen LogP contribution in [0.5, 0.6) is 0 Å². The van der Waals surface area contributed by atoms with Gasteiger partial charge in [-0.05, 0) is 30.5 Å². The first-order valence-electron chi connectivity index (χ1n) is 9.42. The van der Waals surface area contributed by atoms with Gasteiger partial charge in [-0.3, -0.25) is 14.6 Å². The number of carbonyl (C=O) groups is 1. The molecule has 1 saturated heterocycles. The van der Waals surface area contributed by atoms with Crippen LogP contribution in [0.2, 0.25) is 0 Å². The van der Waals surface area contributed by atoms with Crippen molar-refractivity contribution in [2.24, 2.45) is 0 Å². The summed E-state index contributed by atoms with van der Waals surface area (Å²) >= 11 is 0. The molecule has 0 bridgehead atoms. The average Bonchev–Trinajstić information content (AvgIpc) is 3.16. The van der Waals surface area contributed by atoms with Gasteiger partial charge in [-0.15, -0.1) is 0 Å². The Kier molecular flexibility index (Phi) is 4.97. The van der Waals surface area contributed by atoms with Gasteiger partial charge in [0.15, 0.2) is 0 Å². The number of halogens is 1. The lowest BCUT2D eigenvalue weighted by molar-refractivity contribution is -0.123. The lowest BCUT2D eigenvalue weighted by Gasteiger charge is -2.46. The van der Waals surface area contributed by atoms with E-state index in [1.807, 2.05) is 18.2 Å². The van der Waals surface area contributed by atoms with E-state index in [9.17, 15) is 9.18 Å². The van der Waals surface area contributed by atoms with Crippen molar-refractivity contribution < 1.29 is 13.9 Å². The first-order chi connectivity index (χ1) is 13.1. The highest BCUT2D eigenvalue weighted by atomic mass is 19.1. The molecule has 6 nitrogen and oxygen atoms in total. The molecule has 0 N–H and O–H groups in total. The van der Waals surface area contributed by atoms with Gasteiger partial charge in [0.05, 0.1) is 31.3 Å². The minimum absolute atomic E-state index is 0.145. The number of methoxy groups -OCH3 is 1. The van der Waals surface area contributed by atoms with Crippen LogP contribution in [-0.4, -0.2) is 53.9 Å². The summed E-state index contributed by atoms with van der Waals surface area (Å²) in [5, 5.41) is 4.57. The summed E-state index contributed by atoms with van der Waals surface area (Å²) in [6.45, 7) is 3.64. The largest absolute Gasteiger partial charge is 0.383 e. The van der Waals surface area contributed by atoms with Crippen LogP contribution in [0, 0.1) is 5.82 Å². The number of carbonyl (C=O) groups excluding carboxylic acids is 1. The number of piperidine rings is 1. The number of ether oxygens (including phenoxy) is 1. The van der Waals surface area contributed by atoms with Crippen molar-refractivity contribution >= 4 is 11.7 Å². The third kappa shape index (κ3) is 3.49. The second-order valence-electron chi connectivity index (χ2n) is 7.44. The number of hydrogen-bond donors (Lipinski definition) is 0. The molecule has 0 radical (unpaired) electrons. The number of nitrogens with zero attached hydrogens (tertiary/aromatic N) is 4. The Morgan fingerprint density at radius 2 is 1.93 bits per heavy atom. The van der Waals surface area contributed by atoms with Crippen molar-refractivity contribution in [1.29, 1.82) is 0 Å². The molecule has 144 valence electrons. The molecule has 27 heavy (non-hydrogen) atoms. The summed E-state index contributed by atoms with van der Waals surface area (Å²) < 4.78 is 20.3. The SMILES string of the molecule is COCCN1C(=O)CC2(CCN(Cc3ccc(F)cc3)CC2)n2nccc21. The van der Waals surface area contributed by atoms with Crippen LogP contribution in [-0.2, 0) is 21.6 Å². The van der Waals surface area contributed by atoms with Gasteiger partial charge in [-0.1, -0.05) is 12.1 Å². The third-order valence-electron chi connectivity index (χ3n) is 5.76. The molecule has 1 aromatic carbocycles. The molecule has 1 fully saturated rings. The highest BCUT2D eigenvalue weighted by Gasteiger charge is 2.45. The summed E-state index contributed by atoms with van der Waals surface area (Å²) in [6, 6.07) is 8.60. The minimum atomic E-state index is -0.237. The Hall–Kier alpha value is -2.25. The van der Waals surface area contributed by atoms with Gasteiger partial charge in [0.25, 0.3) is 0 Å². The van der Waals surface area contributed by atoms with Gasteiger partial charge in [0.1, 0.15) is 11.6 Å². The molecule has 0 atom stereocenters. The highest BCUT2D eigenvalue weighted by Crippen LogP contribution is 2.40. The van der Waals surface area contributed by atoms with E-state index >= 15 is 0 Å². The van der Waals surface area contributed by atoms with Gasteiger partial charge in [-0.2, -0.15) is 5.10 Å². The van der Waals surface area contributed by atoms with E-state index in [0.29, 0.717) is 19.6 Å². The summed E-state index contributed by atoms with van der Waals surface area (Å²) in [4.78, 5) is 17.0. The summed E-state index contributed by atoms with van der Waals surface area (Å²) in [7, 11) is 1.64. The smallest absolute Gasteiger partial charge is 0.230 e. The number of benzene rings is 1. The number of rotatable bonds is 5. The standard InChI is InChI=1S/C20H25FN4O2/c1-27-13-12-24-18-6-9-22-25(18)20(14-19(24)26)7-10-23(11-8-20)15-16-2-4-17(21)5-3-16/h2-6,9H,7-8,10-15H2,1H3. The molecule has 4 rings (SSSR count). The summed E-state index contributed by atoms with van der Waals surface area (Å²) in [5.74, 6) is 0.809. The van der Waals surface area contributed by atoms with Crippen molar-refractivity contribution in [2.75, 3.05) is 38.3 Å². The number of hydrogen-bond acceptors (Lipinski definition) is 4. The average molecular weight is 372 g/mol. The van der Waals surface area contributed by atoms with Crippen molar-refractivity contribution in [3.8, 4) is 0 Å². The molecule has 1 spiro atoms. The molecular formula is C20H25FN4O2. The number of anilines is 1. The third-order valence-corrected chi connectivity index (χ3v) is 5.76. The highest BCUT2D eigenvalue weighted by molar-refractivity contribution is 5.94. The minimum Gasteiger partial charge on any atom is -0.383 e. The van der Waals surface area contributed by atoms with E-state index in [4.69, 9.17) is 4.74 Å². The maximum atomic E-state index is 13.1. The van der Waals surface area contributed by atoms with E-state index in [2.05, 4.69) is 14.7 Å². The van der Waals surface area contributed by atoms with Gasteiger partial charge in [-0.25, -0.2) is 9.07 Å². The van der Waals surface area contributed by atoms with Crippen molar-refractivity contribution in [2.45, 2.75) is 31.3 Å². The Morgan fingerprint density at radius 1 is 1.19 bits per heavy atom. The van der Waals surface area contributed by atoms with Gasteiger partial charge < -0.3 is 4.74 Å². The molecule has 2 aliphatic rings. The fourth-order valence-corrected chi connectivity index (χ4v) is 4.23. The fourth-order valence-electron chi connectivity index (χ4n) is 4.23. The van der Waals surface area contributed by atoms with E-state index in [1.165, 1.54) is 12.1 Å². The lowest BCUT2D eigenvalue weighted by atomic mass is 9.82. The zero-order valence-electron chi connectivity index (χ0n) is 15.6. The lowest BCUT2D eigenvalue weighted by Crippen LogP contribution is -2.54. The molecule has 1 aromatic heterocycles. The van der Waals surface area contributed by atoms with Gasteiger partial charge >= 0.3 is 0 Å². The Labute approximate surface area is 158 Å². The van der Waals surface area contributed by atoms with Gasteiger partial charge in [0.2, 0.25) is 5.91 Å². The Bertz CT molecular complexity index is 797. The molecular weight excluding hydrogens is 347 g/mol. The first-order valence-corrected chi connectivity index (χ1v) is 9.42. The van der Waals surface area contributed by atoms with Crippen LogP contribution in [0.25, 0.3) is 0 Å². The van der Waals surface area contributed by atoms with Crippen LogP contribution in [0.1, 0.15) is 24.8 Å². The van der Waals surface area contributed by atoms with Crippen molar-refractivity contribution in [3.05, 3.63) is 47.9 Å². The normalized spacial score (nSPS) is 19.5. The Balaban J connectivity index is 1.47. The zero-order chi connectivity index (χ0) is 18.9. The van der Waals surface area contributed by atoms with Crippen LogP contribution < -0.4 is 4.90 Å².